The lowest BCUT2D eigenvalue weighted by Crippen LogP contribution is -2.25. The summed E-state index contributed by atoms with van der Waals surface area (Å²) in [7, 11) is -2.13. The number of sulfonamides is 1. The number of hydrogen-bond acceptors (Lipinski definition) is 5. The number of rotatable bonds is 7. The van der Waals surface area contributed by atoms with Crippen molar-refractivity contribution in [3.63, 3.8) is 0 Å². The van der Waals surface area contributed by atoms with Gasteiger partial charge < -0.3 is 4.74 Å². The van der Waals surface area contributed by atoms with Crippen LogP contribution in [0.1, 0.15) is 23.6 Å². The molecule has 2 rings (SSSR count). The van der Waals surface area contributed by atoms with Gasteiger partial charge in [0.1, 0.15) is 5.75 Å². The summed E-state index contributed by atoms with van der Waals surface area (Å²) in [6, 6.07) is 11.8. The Balaban J connectivity index is 1.94. The number of nitrogens with one attached hydrogen (secondary N) is 2. The number of carbonyl (C=O) groups is 1. The lowest BCUT2D eigenvalue weighted by molar-refractivity contribution is -0.123. The highest BCUT2D eigenvalue weighted by Crippen LogP contribution is 2.16. The summed E-state index contributed by atoms with van der Waals surface area (Å²) in [6.07, 6.45) is 0. The highest BCUT2D eigenvalue weighted by atomic mass is 32.2. The van der Waals surface area contributed by atoms with Crippen LogP contribution in [0.4, 0.5) is 0 Å². The number of hydrogen-bond donors (Lipinski definition) is 2. The van der Waals surface area contributed by atoms with E-state index < -0.39 is 10.0 Å². The molecule has 27 heavy (non-hydrogen) atoms. The Kier molecular flexibility index (Phi) is 6.70. The van der Waals surface area contributed by atoms with Gasteiger partial charge in [-0.05, 0) is 68.8 Å². The first-order chi connectivity index (χ1) is 12.7. The molecule has 2 aromatic rings. The predicted molar refractivity (Wildman–Crippen MR) is 104 cm³/mol. The van der Waals surface area contributed by atoms with Crippen molar-refractivity contribution in [1.82, 2.24) is 10.1 Å². The number of nitrogens with zero attached hydrogens (tertiary/aromatic N) is 1. The standard InChI is InChI=1S/C19H23N3O4S/c1-13-5-8-17(11-14(13)2)26-12-19(23)22-21-15(3)16-6-9-18(10-7-16)27(24,25)20-4/h5-11,20H,12H2,1-4H3,(H,22,23)/b21-15-. The van der Waals surface area contributed by atoms with Crippen molar-refractivity contribution < 1.29 is 17.9 Å². The largest absolute Gasteiger partial charge is 0.484 e. The lowest BCUT2D eigenvalue weighted by Gasteiger charge is -2.08. The van der Waals surface area contributed by atoms with Crippen molar-refractivity contribution in [3.8, 4) is 5.75 Å². The first kappa shape index (κ1) is 20.6. The molecule has 0 radical (unpaired) electrons. The zero-order chi connectivity index (χ0) is 20.0. The molecule has 0 spiro atoms. The molecule has 0 aromatic heterocycles. The second-order valence-corrected chi connectivity index (χ2v) is 7.89. The quantitative estimate of drug-likeness (QED) is 0.560. The molecule has 7 nitrogen and oxygen atoms in total. The summed E-state index contributed by atoms with van der Waals surface area (Å²) >= 11 is 0. The minimum Gasteiger partial charge on any atom is -0.484 e. The van der Waals surface area contributed by atoms with E-state index in [1.165, 1.54) is 19.2 Å². The second kappa shape index (κ2) is 8.79. The summed E-state index contributed by atoms with van der Waals surface area (Å²) in [5.74, 6) is 0.234. The average molecular weight is 389 g/mol. The van der Waals surface area contributed by atoms with E-state index in [0.717, 1.165) is 11.1 Å². The second-order valence-electron chi connectivity index (χ2n) is 6.00. The molecule has 0 unspecified atom stereocenters. The van der Waals surface area contributed by atoms with Gasteiger partial charge in [0.2, 0.25) is 10.0 Å². The maximum atomic E-state index is 11.9. The molecule has 8 heteroatoms. The minimum atomic E-state index is -3.48. The molecule has 2 N–H and O–H groups in total. The van der Waals surface area contributed by atoms with Gasteiger partial charge in [-0.15, -0.1) is 0 Å². The number of benzene rings is 2. The molecule has 1 amide bonds. The van der Waals surface area contributed by atoms with Crippen molar-refractivity contribution in [3.05, 3.63) is 59.2 Å². The molecule has 0 saturated carbocycles. The third kappa shape index (κ3) is 5.63. The average Bonchev–Trinajstić information content (AvgIpc) is 2.67. The fourth-order valence-electron chi connectivity index (χ4n) is 2.19. The van der Waals surface area contributed by atoms with Crippen LogP contribution in [0.15, 0.2) is 52.5 Å². The van der Waals surface area contributed by atoms with Gasteiger partial charge in [-0.3, -0.25) is 4.79 Å². The van der Waals surface area contributed by atoms with E-state index in [2.05, 4.69) is 15.2 Å². The fraction of sp³-hybridized carbons (Fsp3) is 0.263. The predicted octanol–water partition coefficient (Wildman–Crippen LogP) is 2.13. The molecular formula is C19H23N3O4S. The Labute approximate surface area is 159 Å². The SMILES string of the molecule is CNS(=O)(=O)c1ccc(/C(C)=N\NC(=O)COc2ccc(C)c(C)c2)cc1. The maximum absolute atomic E-state index is 11.9. The van der Waals surface area contributed by atoms with E-state index in [4.69, 9.17) is 4.74 Å². The normalized spacial score (nSPS) is 11.9. The number of carbonyl (C=O) groups excluding carboxylic acids is 1. The molecule has 2 aromatic carbocycles. The molecule has 0 heterocycles. The number of ether oxygens (including phenoxy) is 1. The van der Waals surface area contributed by atoms with Gasteiger partial charge in [0.15, 0.2) is 6.61 Å². The molecule has 144 valence electrons. The molecule has 0 atom stereocenters. The number of amides is 1. The Morgan fingerprint density at radius 1 is 1.07 bits per heavy atom. The van der Waals surface area contributed by atoms with Crippen molar-refractivity contribution >= 4 is 21.6 Å². The molecule has 0 fully saturated rings. The van der Waals surface area contributed by atoms with Gasteiger partial charge >= 0.3 is 0 Å². The van der Waals surface area contributed by atoms with Gasteiger partial charge in [-0.1, -0.05) is 18.2 Å². The van der Waals surface area contributed by atoms with E-state index >= 15 is 0 Å². The smallest absolute Gasteiger partial charge is 0.277 e. The van der Waals surface area contributed by atoms with Crippen molar-refractivity contribution in [2.24, 2.45) is 5.10 Å². The summed E-state index contributed by atoms with van der Waals surface area (Å²) in [6.45, 7) is 5.54. The Bertz CT molecular complexity index is 951. The third-order valence-electron chi connectivity index (χ3n) is 4.05. The van der Waals surface area contributed by atoms with Gasteiger partial charge in [0, 0.05) is 0 Å². The highest BCUT2D eigenvalue weighted by molar-refractivity contribution is 7.89. The fourth-order valence-corrected chi connectivity index (χ4v) is 2.92. The molecule has 0 bridgehead atoms. The topological polar surface area (TPSA) is 96.9 Å². The molecule has 0 aliphatic carbocycles. The molecular weight excluding hydrogens is 366 g/mol. The first-order valence-corrected chi connectivity index (χ1v) is 9.78. The summed E-state index contributed by atoms with van der Waals surface area (Å²) in [5.41, 5.74) is 5.91. The van der Waals surface area contributed by atoms with Crippen LogP contribution >= 0.6 is 0 Å². The Hall–Kier alpha value is -2.71. The van der Waals surface area contributed by atoms with Gasteiger partial charge in [0.05, 0.1) is 10.6 Å². The van der Waals surface area contributed by atoms with Gasteiger partial charge in [-0.2, -0.15) is 5.10 Å². The van der Waals surface area contributed by atoms with Crippen LogP contribution in [-0.2, 0) is 14.8 Å². The van der Waals surface area contributed by atoms with Crippen LogP contribution in [0.3, 0.4) is 0 Å². The molecule has 0 aliphatic heterocycles. The van der Waals surface area contributed by atoms with E-state index in [1.807, 2.05) is 32.0 Å². The van der Waals surface area contributed by atoms with Crippen LogP contribution in [0, 0.1) is 13.8 Å². The Morgan fingerprint density at radius 2 is 1.74 bits per heavy atom. The minimum absolute atomic E-state index is 0.154. The number of aryl methyl sites for hydroxylation is 2. The van der Waals surface area contributed by atoms with E-state index in [1.54, 1.807) is 19.1 Å². The Morgan fingerprint density at radius 3 is 2.33 bits per heavy atom. The number of hydrazone groups is 1. The van der Waals surface area contributed by atoms with Crippen LogP contribution in [-0.4, -0.2) is 33.7 Å². The molecule has 0 saturated heterocycles. The summed E-state index contributed by atoms with van der Waals surface area (Å²) in [5, 5.41) is 4.02. The van der Waals surface area contributed by atoms with Gasteiger partial charge in [0.25, 0.3) is 5.91 Å². The van der Waals surface area contributed by atoms with Crippen LogP contribution in [0.2, 0.25) is 0 Å². The van der Waals surface area contributed by atoms with Crippen LogP contribution in [0.25, 0.3) is 0 Å². The van der Waals surface area contributed by atoms with E-state index in [9.17, 15) is 13.2 Å². The lowest BCUT2D eigenvalue weighted by atomic mass is 10.1. The third-order valence-corrected chi connectivity index (χ3v) is 5.48. The molecule has 0 aliphatic rings. The zero-order valence-electron chi connectivity index (χ0n) is 15.7. The van der Waals surface area contributed by atoms with Gasteiger partial charge in [-0.25, -0.2) is 18.6 Å². The highest BCUT2D eigenvalue weighted by Gasteiger charge is 2.11. The van der Waals surface area contributed by atoms with Crippen molar-refractivity contribution in [2.45, 2.75) is 25.7 Å². The van der Waals surface area contributed by atoms with Crippen molar-refractivity contribution in [2.75, 3.05) is 13.7 Å². The van der Waals surface area contributed by atoms with Crippen LogP contribution in [0.5, 0.6) is 5.75 Å². The monoisotopic (exact) mass is 389 g/mol. The summed E-state index contributed by atoms with van der Waals surface area (Å²) < 4.78 is 31.1. The summed E-state index contributed by atoms with van der Waals surface area (Å²) in [4.78, 5) is 12.1. The first-order valence-electron chi connectivity index (χ1n) is 8.30. The zero-order valence-corrected chi connectivity index (χ0v) is 16.6. The van der Waals surface area contributed by atoms with Crippen molar-refractivity contribution in [1.29, 1.82) is 0 Å². The van der Waals surface area contributed by atoms with E-state index in [-0.39, 0.29) is 17.4 Å². The van der Waals surface area contributed by atoms with Crippen LogP contribution < -0.4 is 14.9 Å². The maximum Gasteiger partial charge on any atom is 0.277 e. The van der Waals surface area contributed by atoms with E-state index in [0.29, 0.717) is 17.0 Å².